The third-order valence-corrected chi connectivity index (χ3v) is 8.26. The zero-order valence-electron chi connectivity index (χ0n) is 19.0. The highest BCUT2D eigenvalue weighted by molar-refractivity contribution is 7.13. The van der Waals surface area contributed by atoms with Gasteiger partial charge >= 0.3 is 0 Å². The zero-order valence-corrected chi connectivity index (χ0v) is 21.3. The molecule has 1 saturated heterocycles. The molecule has 1 unspecified atom stereocenters. The summed E-state index contributed by atoms with van der Waals surface area (Å²) in [5, 5.41) is 2.76. The van der Waals surface area contributed by atoms with Crippen molar-refractivity contribution < 1.29 is 9.18 Å². The Balaban J connectivity index is 1.27. The van der Waals surface area contributed by atoms with Crippen LogP contribution in [0.15, 0.2) is 71.1 Å². The number of halogens is 3. The second-order valence-corrected chi connectivity index (χ2v) is 10.9. The minimum absolute atomic E-state index is 0.159. The Morgan fingerprint density at radius 3 is 2.60 bits per heavy atom. The Bertz CT molecular complexity index is 1270. The molecule has 2 aromatic heterocycles. The van der Waals surface area contributed by atoms with E-state index in [0.29, 0.717) is 35.1 Å². The molecule has 0 saturated carbocycles. The number of nitrogens with zero attached hydrogens (tertiary/aromatic N) is 3. The summed E-state index contributed by atoms with van der Waals surface area (Å²) < 4.78 is 16.1. The number of aromatic nitrogens is 1. The van der Waals surface area contributed by atoms with Gasteiger partial charge in [-0.25, -0.2) is 4.39 Å². The first-order chi connectivity index (χ1) is 16.8. The van der Waals surface area contributed by atoms with Crippen LogP contribution < -0.4 is 0 Å². The topological polar surface area (TPSA) is 45.6 Å². The van der Waals surface area contributed by atoms with Gasteiger partial charge < -0.3 is 4.90 Å². The van der Waals surface area contributed by atoms with E-state index in [1.54, 1.807) is 40.7 Å². The van der Waals surface area contributed by atoms with E-state index in [1.807, 2.05) is 47.9 Å². The SMILES string of the molecule is O=C(c1ccc(Cl)c(Cl)c1)N1CCC(F)(CC2(Cc3cccc(-c4cccs4)n3)C=CC=N2)CC1. The maximum absolute atomic E-state index is 16.1. The largest absolute Gasteiger partial charge is 0.338 e. The number of rotatable bonds is 6. The average Bonchev–Trinajstić information content (AvgIpc) is 3.54. The fourth-order valence-corrected chi connectivity index (χ4v) is 5.82. The van der Waals surface area contributed by atoms with Crippen molar-refractivity contribution in [2.75, 3.05) is 13.1 Å². The predicted octanol–water partition coefficient (Wildman–Crippen LogP) is 7.07. The van der Waals surface area contributed by atoms with E-state index in [4.69, 9.17) is 33.2 Å². The Kier molecular flexibility index (Phi) is 6.80. The first-order valence-electron chi connectivity index (χ1n) is 11.5. The number of benzene rings is 1. The van der Waals surface area contributed by atoms with Crippen LogP contribution in [0.2, 0.25) is 10.0 Å². The van der Waals surface area contributed by atoms with Crippen LogP contribution in [0, 0.1) is 0 Å². The van der Waals surface area contributed by atoms with E-state index in [0.717, 1.165) is 16.3 Å². The summed E-state index contributed by atoms with van der Waals surface area (Å²) in [6, 6.07) is 14.8. The molecule has 1 atom stereocenters. The van der Waals surface area contributed by atoms with Crippen LogP contribution in [0.25, 0.3) is 10.6 Å². The van der Waals surface area contributed by atoms with Gasteiger partial charge in [-0.2, -0.15) is 0 Å². The number of likely N-dealkylation sites (tertiary alicyclic amines) is 1. The van der Waals surface area contributed by atoms with Crippen molar-refractivity contribution >= 4 is 46.7 Å². The normalized spacial score (nSPS) is 20.9. The van der Waals surface area contributed by atoms with Crippen molar-refractivity contribution in [1.29, 1.82) is 0 Å². The van der Waals surface area contributed by atoms with E-state index < -0.39 is 11.2 Å². The first-order valence-corrected chi connectivity index (χ1v) is 13.1. The fraction of sp³-hybridized carbons (Fsp3) is 0.296. The van der Waals surface area contributed by atoms with E-state index in [2.05, 4.69) is 0 Å². The number of carbonyl (C=O) groups excluding carboxylic acids is 1. The van der Waals surface area contributed by atoms with Gasteiger partial charge in [0.25, 0.3) is 5.91 Å². The number of hydrogen-bond donors (Lipinski definition) is 0. The molecule has 4 nitrogen and oxygen atoms in total. The summed E-state index contributed by atoms with van der Waals surface area (Å²) in [6.45, 7) is 0.677. The molecular formula is C27H24Cl2FN3OS. The van der Waals surface area contributed by atoms with Crippen molar-refractivity contribution in [1.82, 2.24) is 9.88 Å². The Morgan fingerprint density at radius 2 is 1.91 bits per heavy atom. The molecule has 2 aliphatic rings. The zero-order chi connectivity index (χ0) is 24.5. The second-order valence-electron chi connectivity index (χ2n) is 9.16. The highest BCUT2D eigenvalue weighted by Gasteiger charge is 2.44. The van der Waals surface area contributed by atoms with Crippen LogP contribution in [0.5, 0.6) is 0 Å². The molecule has 8 heteroatoms. The Morgan fingerprint density at radius 1 is 1.09 bits per heavy atom. The minimum Gasteiger partial charge on any atom is -0.338 e. The number of thiophene rings is 1. The van der Waals surface area contributed by atoms with Crippen LogP contribution in [0.1, 0.15) is 35.3 Å². The number of carbonyl (C=O) groups is 1. The molecule has 4 heterocycles. The van der Waals surface area contributed by atoms with Crippen LogP contribution in [0.3, 0.4) is 0 Å². The highest BCUT2D eigenvalue weighted by Crippen LogP contribution is 2.40. The lowest BCUT2D eigenvalue weighted by atomic mass is 9.78. The molecule has 35 heavy (non-hydrogen) atoms. The quantitative estimate of drug-likeness (QED) is 0.344. The van der Waals surface area contributed by atoms with Gasteiger partial charge in [0, 0.05) is 43.4 Å². The van der Waals surface area contributed by atoms with Crippen LogP contribution >= 0.6 is 34.5 Å². The predicted molar refractivity (Wildman–Crippen MR) is 142 cm³/mol. The summed E-state index contributed by atoms with van der Waals surface area (Å²) in [5.74, 6) is -0.159. The highest BCUT2D eigenvalue weighted by atomic mass is 35.5. The maximum Gasteiger partial charge on any atom is 0.253 e. The molecule has 0 radical (unpaired) electrons. The second kappa shape index (κ2) is 9.84. The number of piperidine rings is 1. The number of allylic oxidation sites excluding steroid dienone is 1. The van der Waals surface area contributed by atoms with Gasteiger partial charge in [-0.15, -0.1) is 11.3 Å². The number of pyridine rings is 1. The van der Waals surface area contributed by atoms with Gasteiger partial charge in [-0.05, 0) is 60.7 Å². The molecule has 2 aliphatic heterocycles. The van der Waals surface area contributed by atoms with Crippen molar-refractivity contribution in [3.05, 3.63) is 87.4 Å². The Labute approximate surface area is 218 Å². The third-order valence-electron chi connectivity index (χ3n) is 6.63. The molecule has 180 valence electrons. The summed E-state index contributed by atoms with van der Waals surface area (Å²) in [5.41, 5.74) is 0.165. The molecule has 5 rings (SSSR count). The summed E-state index contributed by atoms with van der Waals surface area (Å²) in [4.78, 5) is 25.2. The van der Waals surface area contributed by atoms with Gasteiger partial charge in [0.15, 0.2) is 0 Å². The molecule has 3 aromatic rings. The number of amides is 1. The van der Waals surface area contributed by atoms with Crippen LogP contribution in [-0.4, -0.2) is 46.3 Å². The smallest absolute Gasteiger partial charge is 0.253 e. The summed E-state index contributed by atoms with van der Waals surface area (Å²) in [6.07, 6.45) is 6.91. The van der Waals surface area contributed by atoms with Gasteiger partial charge in [-0.3, -0.25) is 14.8 Å². The number of aliphatic imine (C=N–C) groups is 1. The van der Waals surface area contributed by atoms with E-state index >= 15 is 4.39 Å². The van der Waals surface area contributed by atoms with E-state index in [1.165, 1.54) is 0 Å². The standard InChI is InChI=1S/C27H24Cl2FN3OS/c28-21-8-7-19(16-22(21)29)25(34)33-13-10-26(30,11-14-33)18-27(9-3-12-31-27)17-20-4-1-5-23(32-20)24-6-2-15-35-24/h1-9,12,15-16H,10-11,13-14,17-18H2. The maximum atomic E-state index is 16.1. The molecule has 1 fully saturated rings. The number of alkyl halides is 1. The van der Waals surface area contributed by atoms with Crippen LogP contribution in [0.4, 0.5) is 4.39 Å². The third kappa shape index (κ3) is 5.35. The molecule has 0 spiro atoms. The number of hydrogen-bond acceptors (Lipinski definition) is 4. The lowest BCUT2D eigenvalue weighted by Crippen LogP contribution is -2.48. The van der Waals surface area contributed by atoms with E-state index in [9.17, 15) is 4.79 Å². The minimum atomic E-state index is -1.42. The van der Waals surface area contributed by atoms with E-state index in [-0.39, 0.29) is 25.2 Å². The van der Waals surface area contributed by atoms with Gasteiger partial charge in [-0.1, -0.05) is 41.4 Å². The van der Waals surface area contributed by atoms with Crippen molar-refractivity contribution in [3.8, 4) is 10.6 Å². The molecule has 1 aromatic carbocycles. The van der Waals surface area contributed by atoms with Crippen molar-refractivity contribution in [2.45, 2.75) is 36.9 Å². The lowest BCUT2D eigenvalue weighted by Gasteiger charge is -2.40. The molecule has 0 aliphatic carbocycles. The first kappa shape index (κ1) is 24.2. The molecule has 0 bridgehead atoms. The summed E-state index contributed by atoms with van der Waals surface area (Å²) >= 11 is 13.7. The monoisotopic (exact) mass is 527 g/mol. The fourth-order valence-electron chi connectivity index (χ4n) is 4.83. The summed E-state index contributed by atoms with van der Waals surface area (Å²) in [7, 11) is 0. The van der Waals surface area contributed by atoms with Gasteiger partial charge in [0.2, 0.25) is 0 Å². The van der Waals surface area contributed by atoms with Crippen LogP contribution in [-0.2, 0) is 6.42 Å². The lowest BCUT2D eigenvalue weighted by molar-refractivity contribution is 0.0322. The van der Waals surface area contributed by atoms with Gasteiger partial charge in [0.05, 0.1) is 26.2 Å². The van der Waals surface area contributed by atoms with Gasteiger partial charge in [0.1, 0.15) is 5.67 Å². The molecule has 0 N–H and O–H groups in total. The molecular weight excluding hydrogens is 504 g/mol. The molecule has 1 amide bonds. The average molecular weight is 528 g/mol. The Hall–Kier alpha value is -2.54. The van der Waals surface area contributed by atoms with Crippen molar-refractivity contribution in [3.63, 3.8) is 0 Å². The van der Waals surface area contributed by atoms with Crippen molar-refractivity contribution in [2.24, 2.45) is 4.99 Å².